The van der Waals surface area contributed by atoms with Crippen LogP contribution in [0.1, 0.15) is 25.4 Å². The fourth-order valence-electron chi connectivity index (χ4n) is 0.744. The molecule has 0 aliphatic rings. The van der Waals surface area contributed by atoms with Crippen LogP contribution >= 0.6 is 0 Å². The van der Waals surface area contributed by atoms with Crippen molar-refractivity contribution in [3.8, 4) is 0 Å². The van der Waals surface area contributed by atoms with E-state index in [9.17, 15) is 5.11 Å². The zero-order valence-electron chi connectivity index (χ0n) is 7.00. The van der Waals surface area contributed by atoms with Gasteiger partial charge >= 0.3 is 0 Å². The van der Waals surface area contributed by atoms with Crippen molar-refractivity contribution in [2.45, 2.75) is 26.4 Å². The molecule has 0 saturated carbocycles. The zero-order valence-corrected chi connectivity index (χ0v) is 7.00. The molecule has 1 aromatic heterocycles. The first kappa shape index (κ1) is 8.14. The zero-order chi connectivity index (χ0) is 8.48. The van der Waals surface area contributed by atoms with Crippen molar-refractivity contribution in [2.24, 2.45) is 0 Å². The number of aromatic nitrogens is 2. The minimum absolute atomic E-state index is 0.470. The summed E-state index contributed by atoms with van der Waals surface area (Å²) in [6.07, 6.45) is 1.65. The van der Waals surface area contributed by atoms with Crippen LogP contribution in [0.25, 0.3) is 0 Å². The third-order valence-corrected chi connectivity index (χ3v) is 1.34. The number of aryl methyl sites for hydroxylation is 1. The molecule has 3 nitrogen and oxygen atoms in total. The van der Waals surface area contributed by atoms with Crippen molar-refractivity contribution in [3.63, 3.8) is 0 Å². The second kappa shape index (κ2) is 2.58. The molecule has 11 heavy (non-hydrogen) atoms. The lowest BCUT2D eigenvalue weighted by molar-refractivity contribution is 0.0685. The lowest BCUT2D eigenvalue weighted by Crippen LogP contribution is -2.19. The topological polar surface area (TPSA) is 46.0 Å². The smallest absolute Gasteiger partial charge is 0.159 e. The molecule has 1 heterocycles. The predicted octanol–water partition coefficient (Wildman–Crippen LogP) is 1.01. The molecule has 0 bridgehead atoms. The van der Waals surface area contributed by atoms with Crippen LogP contribution in [0.5, 0.6) is 0 Å². The van der Waals surface area contributed by atoms with Crippen LogP contribution in [0.2, 0.25) is 0 Å². The molecule has 60 valence electrons. The largest absolute Gasteiger partial charge is 0.382 e. The third-order valence-electron chi connectivity index (χ3n) is 1.34. The Hall–Kier alpha value is -0.960. The monoisotopic (exact) mass is 152 g/mol. The number of hydrogen-bond acceptors (Lipinski definition) is 3. The van der Waals surface area contributed by atoms with Crippen LogP contribution in [0.3, 0.4) is 0 Å². The van der Waals surface area contributed by atoms with Crippen LogP contribution in [0.15, 0.2) is 12.3 Å². The van der Waals surface area contributed by atoms with E-state index >= 15 is 0 Å². The fourth-order valence-corrected chi connectivity index (χ4v) is 0.744. The molecular weight excluding hydrogens is 140 g/mol. The lowest BCUT2D eigenvalue weighted by Gasteiger charge is -2.14. The molecular formula is C8H12N2O. The van der Waals surface area contributed by atoms with Crippen molar-refractivity contribution in [1.29, 1.82) is 0 Å². The van der Waals surface area contributed by atoms with Crippen molar-refractivity contribution >= 4 is 0 Å². The van der Waals surface area contributed by atoms with E-state index in [0.29, 0.717) is 5.82 Å². The standard InChI is InChI=1S/C8H12N2O/c1-6-4-5-9-7(10-6)8(2,3)11/h4-5,11H,1-3H3. The maximum Gasteiger partial charge on any atom is 0.159 e. The first-order valence-corrected chi connectivity index (χ1v) is 3.52. The normalized spacial score (nSPS) is 11.6. The van der Waals surface area contributed by atoms with Gasteiger partial charge in [0.2, 0.25) is 0 Å². The molecule has 1 aromatic rings. The molecule has 0 radical (unpaired) electrons. The van der Waals surface area contributed by atoms with Gasteiger partial charge in [-0.05, 0) is 26.8 Å². The van der Waals surface area contributed by atoms with Gasteiger partial charge in [0.05, 0.1) is 0 Å². The maximum absolute atomic E-state index is 9.49. The Bertz CT molecular complexity index is 253. The van der Waals surface area contributed by atoms with E-state index in [-0.39, 0.29) is 0 Å². The highest BCUT2D eigenvalue weighted by atomic mass is 16.3. The summed E-state index contributed by atoms with van der Waals surface area (Å²) in [4.78, 5) is 8.03. The highest BCUT2D eigenvalue weighted by Crippen LogP contribution is 2.13. The van der Waals surface area contributed by atoms with E-state index in [1.807, 2.05) is 6.92 Å². The van der Waals surface area contributed by atoms with E-state index in [2.05, 4.69) is 9.97 Å². The van der Waals surface area contributed by atoms with Gasteiger partial charge in [0.15, 0.2) is 5.82 Å². The summed E-state index contributed by atoms with van der Waals surface area (Å²) in [5.74, 6) is 0.470. The molecule has 3 heteroatoms. The van der Waals surface area contributed by atoms with Crippen molar-refractivity contribution in [1.82, 2.24) is 9.97 Å². The Balaban J connectivity index is 3.06. The average Bonchev–Trinajstić information content (AvgIpc) is 1.86. The molecule has 0 unspecified atom stereocenters. The van der Waals surface area contributed by atoms with Gasteiger partial charge in [-0.15, -0.1) is 0 Å². The number of aliphatic hydroxyl groups is 1. The molecule has 0 aromatic carbocycles. The Morgan fingerprint density at radius 3 is 2.45 bits per heavy atom. The molecule has 0 atom stereocenters. The van der Waals surface area contributed by atoms with E-state index in [1.165, 1.54) is 0 Å². The molecule has 0 spiro atoms. The maximum atomic E-state index is 9.49. The van der Waals surface area contributed by atoms with Gasteiger partial charge < -0.3 is 5.11 Å². The van der Waals surface area contributed by atoms with Crippen molar-refractivity contribution < 1.29 is 5.11 Å². The average molecular weight is 152 g/mol. The third kappa shape index (κ3) is 1.98. The molecule has 0 amide bonds. The minimum Gasteiger partial charge on any atom is -0.382 e. The predicted molar refractivity (Wildman–Crippen MR) is 42.0 cm³/mol. The Kier molecular flexibility index (Phi) is 1.91. The summed E-state index contributed by atoms with van der Waals surface area (Å²) >= 11 is 0. The first-order chi connectivity index (χ1) is 5.00. The van der Waals surface area contributed by atoms with Gasteiger partial charge in [-0.3, -0.25) is 0 Å². The molecule has 0 aliphatic heterocycles. The van der Waals surface area contributed by atoms with Crippen molar-refractivity contribution in [3.05, 3.63) is 23.8 Å². The molecule has 0 saturated heterocycles. The summed E-state index contributed by atoms with van der Waals surface area (Å²) in [6, 6.07) is 1.80. The highest BCUT2D eigenvalue weighted by Gasteiger charge is 2.18. The van der Waals surface area contributed by atoms with Crippen LogP contribution < -0.4 is 0 Å². The van der Waals surface area contributed by atoms with Crippen LogP contribution in [0.4, 0.5) is 0 Å². The van der Waals surface area contributed by atoms with Crippen LogP contribution in [-0.2, 0) is 5.60 Å². The molecule has 0 aliphatic carbocycles. The molecule has 1 rings (SSSR count). The summed E-state index contributed by atoms with van der Waals surface area (Å²) in [5.41, 5.74) is -0.0661. The number of hydrogen-bond donors (Lipinski definition) is 1. The van der Waals surface area contributed by atoms with E-state index < -0.39 is 5.60 Å². The van der Waals surface area contributed by atoms with Gasteiger partial charge in [0.25, 0.3) is 0 Å². The Morgan fingerprint density at radius 1 is 1.45 bits per heavy atom. The van der Waals surface area contributed by atoms with E-state index in [0.717, 1.165) is 5.69 Å². The van der Waals surface area contributed by atoms with E-state index in [1.54, 1.807) is 26.1 Å². The minimum atomic E-state index is -0.938. The Morgan fingerprint density at radius 2 is 2.09 bits per heavy atom. The quantitative estimate of drug-likeness (QED) is 0.653. The summed E-state index contributed by atoms with van der Waals surface area (Å²) in [7, 11) is 0. The second-order valence-electron chi connectivity index (χ2n) is 3.08. The van der Waals surface area contributed by atoms with Crippen LogP contribution in [-0.4, -0.2) is 15.1 Å². The van der Waals surface area contributed by atoms with Crippen LogP contribution in [0, 0.1) is 6.92 Å². The molecule has 0 fully saturated rings. The number of rotatable bonds is 1. The van der Waals surface area contributed by atoms with Gasteiger partial charge in [-0.25, -0.2) is 9.97 Å². The van der Waals surface area contributed by atoms with E-state index in [4.69, 9.17) is 0 Å². The Labute approximate surface area is 66.1 Å². The second-order valence-corrected chi connectivity index (χ2v) is 3.08. The summed E-state index contributed by atoms with van der Waals surface area (Å²) < 4.78 is 0. The fraction of sp³-hybridized carbons (Fsp3) is 0.500. The van der Waals surface area contributed by atoms with Gasteiger partial charge in [0.1, 0.15) is 5.60 Å². The number of nitrogens with zero attached hydrogens (tertiary/aromatic N) is 2. The van der Waals surface area contributed by atoms with Gasteiger partial charge in [0, 0.05) is 11.9 Å². The van der Waals surface area contributed by atoms with Gasteiger partial charge in [-0.2, -0.15) is 0 Å². The molecule has 1 N–H and O–H groups in total. The summed E-state index contributed by atoms with van der Waals surface area (Å²) in [5, 5.41) is 9.49. The first-order valence-electron chi connectivity index (χ1n) is 3.52. The van der Waals surface area contributed by atoms with Gasteiger partial charge in [-0.1, -0.05) is 0 Å². The SMILES string of the molecule is Cc1ccnc(C(C)(C)O)n1. The lowest BCUT2D eigenvalue weighted by atomic mass is 10.1. The van der Waals surface area contributed by atoms with Crippen molar-refractivity contribution in [2.75, 3.05) is 0 Å². The summed E-state index contributed by atoms with van der Waals surface area (Å²) in [6.45, 7) is 5.21. The highest BCUT2D eigenvalue weighted by molar-refractivity contribution is 5.04.